The largest absolute Gasteiger partial charge is 0.383 e. The van der Waals surface area contributed by atoms with Crippen molar-refractivity contribution in [2.75, 3.05) is 11.9 Å². The van der Waals surface area contributed by atoms with E-state index in [1.54, 1.807) is 10.9 Å². The van der Waals surface area contributed by atoms with Gasteiger partial charge < -0.3 is 5.32 Å². The molecule has 0 radical (unpaired) electrons. The standard InChI is InChI=1S/C13H20BrN3O/c1-9(2)5-6-15-11-7-16-17(8-10-3-4-10)13(18)12(11)14/h7,9-10,15H,3-6,8H2,1-2H3. The van der Waals surface area contributed by atoms with Crippen molar-refractivity contribution in [1.29, 1.82) is 0 Å². The Labute approximate surface area is 116 Å². The number of halogens is 1. The van der Waals surface area contributed by atoms with Crippen LogP contribution in [0, 0.1) is 11.8 Å². The summed E-state index contributed by atoms with van der Waals surface area (Å²) in [6.45, 7) is 5.99. The van der Waals surface area contributed by atoms with E-state index >= 15 is 0 Å². The van der Waals surface area contributed by atoms with Crippen LogP contribution in [0.15, 0.2) is 15.5 Å². The summed E-state index contributed by atoms with van der Waals surface area (Å²) in [6, 6.07) is 0. The molecule has 1 heterocycles. The fraction of sp³-hybridized carbons (Fsp3) is 0.692. The minimum absolute atomic E-state index is 0.0311. The molecule has 0 unspecified atom stereocenters. The predicted molar refractivity (Wildman–Crippen MR) is 76.9 cm³/mol. The van der Waals surface area contributed by atoms with Crippen LogP contribution in [0.3, 0.4) is 0 Å². The van der Waals surface area contributed by atoms with Crippen LogP contribution >= 0.6 is 15.9 Å². The van der Waals surface area contributed by atoms with Gasteiger partial charge in [0.2, 0.25) is 0 Å². The van der Waals surface area contributed by atoms with Crippen molar-refractivity contribution in [3.8, 4) is 0 Å². The second-order valence-electron chi connectivity index (χ2n) is 5.41. The van der Waals surface area contributed by atoms with Gasteiger partial charge in [-0.1, -0.05) is 13.8 Å². The summed E-state index contributed by atoms with van der Waals surface area (Å²) in [5, 5.41) is 7.49. The quantitative estimate of drug-likeness (QED) is 0.878. The van der Waals surface area contributed by atoms with Crippen LogP contribution in [-0.4, -0.2) is 16.3 Å². The third kappa shape index (κ3) is 3.57. The molecule has 0 bridgehead atoms. The summed E-state index contributed by atoms with van der Waals surface area (Å²) < 4.78 is 2.16. The Morgan fingerprint density at radius 3 is 2.89 bits per heavy atom. The fourth-order valence-corrected chi connectivity index (χ4v) is 2.21. The molecule has 0 aromatic carbocycles. The first kappa shape index (κ1) is 13.6. The molecule has 4 nitrogen and oxygen atoms in total. The molecule has 0 atom stereocenters. The van der Waals surface area contributed by atoms with E-state index in [0.29, 0.717) is 16.3 Å². The molecule has 1 fully saturated rings. The number of nitrogens with zero attached hydrogens (tertiary/aromatic N) is 2. The molecule has 1 saturated carbocycles. The van der Waals surface area contributed by atoms with Crippen LogP contribution in [0.4, 0.5) is 5.69 Å². The van der Waals surface area contributed by atoms with E-state index in [9.17, 15) is 4.79 Å². The molecule has 5 heteroatoms. The molecule has 100 valence electrons. The van der Waals surface area contributed by atoms with E-state index in [1.165, 1.54) is 12.8 Å². The molecule has 1 aromatic heterocycles. The molecule has 18 heavy (non-hydrogen) atoms. The van der Waals surface area contributed by atoms with E-state index in [4.69, 9.17) is 0 Å². The maximum atomic E-state index is 12.1. The highest BCUT2D eigenvalue weighted by Gasteiger charge is 2.23. The average molecular weight is 314 g/mol. The monoisotopic (exact) mass is 313 g/mol. The zero-order valence-corrected chi connectivity index (χ0v) is 12.5. The highest BCUT2D eigenvalue weighted by Crippen LogP contribution is 2.30. The van der Waals surface area contributed by atoms with E-state index in [2.05, 4.69) is 40.2 Å². The summed E-state index contributed by atoms with van der Waals surface area (Å²) in [4.78, 5) is 12.1. The van der Waals surface area contributed by atoms with Crippen molar-refractivity contribution in [2.45, 2.75) is 39.7 Å². The first-order chi connectivity index (χ1) is 8.58. The van der Waals surface area contributed by atoms with Gasteiger partial charge in [-0.3, -0.25) is 4.79 Å². The smallest absolute Gasteiger partial charge is 0.283 e. The SMILES string of the molecule is CC(C)CCNc1cnn(CC2CC2)c(=O)c1Br. The Morgan fingerprint density at radius 1 is 1.56 bits per heavy atom. The topological polar surface area (TPSA) is 46.9 Å². The van der Waals surface area contributed by atoms with Crippen molar-refractivity contribution < 1.29 is 0 Å². The number of hydrogen-bond acceptors (Lipinski definition) is 3. The van der Waals surface area contributed by atoms with Gasteiger partial charge in [0.25, 0.3) is 5.56 Å². The van der Waals surface area contributed by atoms with Crippen LogP contribution in [0.25, 0.3) is 0 Å². The van der Waals surface area contributed by atoms with Crippen LogP contribution in [0.5, 0.6) is 0 Å². The van der Waals surface area contributed by atoms with Gasteiger partial charge in [0.15, 0.2) is 0 Å². The molecule has 0 spiro atoms. The minimum atomic E-state index is -0.0311. The molecule has 0 aliphatic heterocycles. The normalized spacial score (nSPS) is 15.1. The number of aromatic nitrogens is 2. The Bertz CT molecular complexity index is 466. The lowest BCUT2D eigenvalue weighted by Gasteiger charge is -2.11. The van der Waals surface area contributed by atoms with Gasteiger partial charge in [-0.15, -0.1) is 0 Å². The van der Waals surface area contributed by atoms with E-state index in [1.807, 2.05) is 0 Å². The molecule has 2 rings (SSSR count). The molecule has 1 aliphatic rings. The van der Waals surface area contributed by atoms with E-state index < -0.39 is 0 Å². The van der Waals surface area contributed by atoms with Crippen molar-refractivity contribution in [3.05, 3.63) is 21.0 Å². The lowest BCUT2D eigenvalue weighted by Crippen LogP contribution is -2.25. The van der Waals surface area contributed by atoms with Crippen molar-refractivity contribution in [2.24, 2.45) is 11.8 Å². The minimum Gasteiger partial charge on any atom is -0.383 e. The van der Waals surface area contributed by atoms with Gasteiger partial charge in [-0.2, -0.15) is 5.10 Å². The van der Waals surface area contributed by atoms with Gasteiger partial charge in [0.05, 0.1) is 11.9 Å². The first-order valence-corrected chi connectivity index (χ1v) is 7.36. The molecule has 1 aromatic rings. The Morgan fingerprint density at radius 2 is 2.28 bits per heavy atom. The number of nitrogens with one attached hydrogen (secondary N) is 1. The molecule has 0 amide bonds. The predicted octanol–water partition coefficient (Wildman–Crippen LogP) is 2.87. The molecular weight excluding hydrogens is 294 g/mol. The van der Waals surface area contributed by atoms with Crippen molar-refractivity contribution in [3.63, 3.8) is 0 Å². The summed E-state index contributed by atoms with van der Waals surface area (Å²) in [5.74, 6) is 1.31. The van der Waals surface area contributed by atoms with Crippen molar-refractivity contribution in [1.82, 2.24) is 9.78 Å². The van der Waals surface area contributed by atoms with E-state index in [-0.39, 0.29) is 5.56 Å². The zero-order chi connectivity index (χ0) is 13.1. The second-order valence-corrected chi connectivity index (χ2v) is 6.21. The van der Waals surface area contributed by atoms with E-state index in [0.717, 1.165) is 25.2 Å². The van der Waals surface area contributed by atoms with Gasteiger partial charge in [-0.25, -0.2) is 4.68 Å². The molecular formula is C13H20BrN3O. The molecule has 1 N–H and O–H groups in total. The van der Waals surface area contributed by atoms with Gasteiger partial charge in [0, 0.05) is 13.1 Å². The molecule has 0 saturated heterocycles. The average Bonchev–Trinajstić information content (AvgIpc) is 3.11. The lowest BCUT2D eigenvalue weighted by molar-refractivity contribution is 0.531. The first-order valence-electron chi connectivity index (χ1n) is 6.57. The lowest BCUT2D eigenvalue weighted by atomic mass is 10.1. The van der Waals surface area contributed by atoms with Crippen molar-refractivity contribution >= 4 is 21.6 Å². The summed E-state index contributed by atoms with van der Waals surface area (Å²) in [6.07, 6.45) is 5.27. The van der Waals surface area contributed by atoms with Gasteiger partial charge in [-0.05, 0) is 47.0 Å². The number of anilines is 1. The highest BCUT2D eigenvalue weighted by atomic mass is 79.9. The molecule has 1 aliphatic carbocycles. The van der Waals surface area contributed by atoms with Crippen LogP contribution in [0.2, 0.25) is 0 Å². The number of hydrogen-bond donors (Lipinski definition) is 1. The Balaban J connectivity index is 2.03. The van der Waals surface area contributed by atoms with Crippen LogP contribution in [-0.2, 0) is 6.54 Å². The maximum absolute atomic E-state index is 12.1. The van der Waals surface area contributed by atoms with Gasteiger partial charge in [0.1, 0.15) is 4.47 Å². The highest BCUT2D eigenvalue weighted by molar-refractivity contribution is 9.10. The third-order valence-corrected chi connectivity index (χ3v) is 3.92. The fourth-order valence-electron chi connectivity index (χ4n) is 1.76. The summed E-state index contributed by atoms with van der Waals surface area (Å²) in [5.41, 5.74) is 0.768. The summed E-state index contributed by atoms with van der Waals surface area (Å²) >= 11 is 3.37. The zero-order valence-electron chi connectivity index (χ0n) is 10.9. The third-order valence-electron chi connectivity index (χ3n) is 3.15. The van der Waals surface area contributed by atoms with Crippen LogP contribution < -0.4 is 10.9 Å². The Hall–Kier alpha value is -0.840. The second kappa shape index (κ2) is 5.87. The van der Waals surface area contributed by atoms with Gasteiger partial charge >= 0.3 is 0 Å². The summed E-state index contributed by atoms with van der Waals surface area (Å²) in [7, 11) is 0. The number of rotatable bonds is 6. The Kier molecular flexibility index (Phi) is 4.43. The van der Waals surface area contributed by atoms with Crippen LogP contribution in [0.1, 0.15) is 33.1 Å². The maximum Gasteiger partial charge on any atom is 0.283 e.